The van der Waals surface area contributed by atoms with Crippen molar-refractivity contribution in [3.63, 3.8) is 0 Å². The maximum Gasteiger partial charge on any atom is 0.0595 e. The van der Waals surface area contributed by atoms with Crippen LogP contribution in [0.1, 0.15) is 25.3 Å². The van der Waals surface area contributed by atoms with Crippen molar-refractivity contribution >= 4 is 23.2 Å². The summed E-state index contributed by atoms with van der Waals surface area (Å²) < 4.78 is 0. The van der Waals surface area contributed by atoms with E-state index in [1.54, 1.807) is 0 Å². The molecule has 0 saturated heterocycles. The van der Waals surface area contributed by atoms with Gasteiger partial charge in [-0.2, -0.15) is 0 Å². The molecule has 1 fully saturated rings. The maximum atomic E-state index is 5.98. The molecular formula is C11H13Cl2N. The molecule has 1 aromatic carbocycles. The van der Waals surface area contributed by atoms with Crippen molar-refractivity contribution in [1.82, 2.24) is 0 Å². The first-order valence-corrected chi connectivity index (χ1v) is 5.53. The molecule has 1 saturated carbocycles. The van der Waals surface area contributed by atoms with E-state index in [9.17, 15) is 0 Å². The Hall–Kier alpha value is -0.240. The summed E-state index contributed by atoms with van der Waals surface area (Å²) in [6.07, 6.45) is 2.31. The van der Waals surface area contributed by atoms with Crippen LogP contribution in [0.25, 0.3) is 0 Å². The molecule has 1 nitrogen and oxygen atoms in total. The van der Waals surface area contributed by atoms with Gasteiger partial charge < -0.3 is 5.73 Å². The smallest absolute Gasteiger partial charge is 0.0595 e. The van der Waals surface area contributed by atoms with Crippen LogP contribution in [-0.4, -0.2) is 6.04 Å². The minimum atomic E-state index is 0.161. The van der Waals surface area contributed by atoms with Crippen molar-refractivity contribution in [2.75, 3.05) is 0 Å². The monoisotopic (exact) mass is 229 g/mol. The highest BCUT2D eigenvalue weighted by Crippen LogP contribution is 2.51. The molecule has 0 spiro atoms. The predicted octanol–water partition coefficient (Wildman–Crippen LogP) is 3.37. The fourth-order valence-corrected chi connectivity index (χ4v) is 2.25. The van der Waals surface area contributed by atoms with Gasteiger partial charge in [0.05, 0.1) is 10.0 Å². The molecule has 14 heavy (non-hydrogen) atoms. The van der Waals surface area contributed by atoms with Gasteiger partial charge in [0.1, 0.15) is 0 Å². The van der Waals surface area contributed by atoms with Gasteiger partial charge in [-0.05, 0) is 37.5 Å². The van der Waals surface area contributed by atoms with E-state index in [1.807, 2.05) is 18.2 Å². The van der Waals surface area contributed by atoms with Gasteiger partial charge in [0, 0.05) is 11.5 Å². The third-order valence-corrected chi connectivity index (χ3v) is 3.89. The Balaban J connectivity index is 2.38. The normalized spacial score (nSPS) is 20.6. The Labute approximate surface area is 94.2 Å². The molecule has 0 amide bonds. The molecule has 0 aromatic heterocycles. The van der Waals surface area contributed by atoms with Crippen LogP contribution in [0, 0.1) is 0 Å². The van der Waals surface area contributed by atoms with E-state index in [0.29, 0.717) is 10.0 Å². The van der Waals surface area contributed by atoms with Gasteiger partial charge >= 0.3 is 0 Å². The Morgan fingerprint density at radius 3 is 2.36 bits per heavy atom. The molecule has 0 radical (unpaired) electrons. The number of halogens is 2. The van der Waals surface area contributed by atoms with Crippen molar-refractivity contribution in [3.05, 3.63) is 33.8 Å². The summed E-state index contributed by atoms with van der Waals surface area (Å²) in [5.41, 5.74) is 7.36. The van der Waals surface area contributed by atoms with Crippen LogP contribution in [0.15, 0.2) is 18.2 Å². The average molecular weight is 230 g/mol. The summed E-state index contributed by atoms with van der Waals surface area (Å²) in [5, 5.41) is 1.23. The molecule has 1 unspecified atom stereocenters. The van der Waals surface area contributed by atoms with E-state index in [-0.39, 0.29) is 11.5 Å². The van der Waals surface area contributed by atoms with E-state index < -0.39 is 0 Å². The molecule has 3 heteroatoms. The number of hydrogen-bond donors (Lipinski definition) is 1. The fourth-order valence-electron chi connectivity index (χ4n) is 1.95. The second-order valence-electron chi connectivity index (χ2n) is 4.07. The minimum absolute atomic E-state index is 0.161. The minimum Gasteiger partial charge on any atom is -0.327 e. The quantitative estimate of drug-likeness (QED) is 0.828. The van der Waals surface area contributed by atoms with Crippen molar-refractivity contribution < 1.29 is 0 Å². The second-order valence-corrected chi connectivity index (χ2v) is 4.89. The molecule has 2 rings (SSSR count). The van der Waals surface area contributed by atoms with Crippen molar-refractivity contribution in [2.24, 2.45) is 5.73 Å². The first-order valence-electron chi connectivity index (χ1n) is 4.77. The lowest BCUT2D eigenvalue weighted by atomic mass is 9.90. The summed E-state index contributed by atoms with van der Waals surface area (Å²) in [6.45, 7) is 2.05. The van der Waals surface area contributed by atoms with Crippen LogP contribution in [0.2, 0.25) is 10.0 Å². The van der Waals surface area contributed by atoms with Gasteiger partial charge in [0.15, 0.2) is 0 Å². The number of hydrogen-bond acceptors (Lipinski definition) is 1. The summed E-state index contributed by atoms with van der Waals surface area (Å²) in [5.74, 6) is 0. The molecule has 76 valence electrons. The zero-order chi connectivity index (χ0) is 10.3. The van der Waals surface area contributed by atoms with Gasteiger partial charge in [-0.15, -0.1) is 0 Å². The van der Waals surface area contributed by atoms with Crippen LogP contribution < -0.4 is 5.73 Å². The third-order valence-electron chi connectivity index (χ3n) is 3.15. The Bertz CT molecular complexity index is 356. The number of rotatable bonds is 2. The lowest BCUT2D eigenvalue weighted by Gasteiger charge is -2.20. The van der Waals surface area contributed by atoms with Crippen LogP contribution in [0.4, 0.5) is 0 Å². The third kappa shape index (κ3) is 1.54. The summed E-state index contributed by atoms with van der Waals surface area (Å²) in [6, 6.07) is 6.01. The van der Waals surface area contributed by atoms with E-state index in [4.69, 9.17) is 28.9 Å². The Morgan fingerprint density at radius 2 is 1.93 bits per heavy atom. The van der Waals surface area contributed by atoms with Crippen LogP contribution >= 0.6 is 23.2 Å². The van der Waals surface area contributed by atoms with Gasteiger partial charge in [0.25, 0.3) is 0 Å². The first kappa shape index (κ1) is 10.3. The van der Waals surface area contributed by atoms with Gasteiger partial charge in [0.2, 0.25) is 0 Å². The lowest BCUT2D eigenvalue weighted by molar-refractivity contribution is 0.557. The maximum absolute atomic E-state index is 5.98. The van der Waals surface area contributed by atoms with E-state index in [1.165, 1.54) is 5.56 Å². The number of nitrogens with two attached hydrogens (primary N) is 1. The molecular weight excluding hydrogens is 217 g/mol. The fraction of sp³-hybridized carbons (Fsp3) is 0.455. The molecule has 2 N–H and O–H groups in total. The SMILES string of the molecule is CC(N)C1(c2ccc(Cl)c(Cl)c2)CC1. The van der Waals surface area contributed by atoms with E-state index in [2.05, 4.69) is 6.92 Å². The van der Waals surface area contributed by atoms with Crippen LogP contribution in [0.3, 0.4) is 0 Å². The highest BCUT2D eigenvalue weighted by Gasteiger charge is 2.47. The predicted molar refractivity (Wildman–Crippen MR) is 61.0 cm³/mol. The van der Waals surface area contributed by atoms with Gasteiger partial charge in [-0.25, -0.2) is 0 Å². The topological polar surface area (TPSA) is 26.0 Å². The molecule has 0 aliphatic heterocycles. The average Bonchev–Trinajstić information content (AvgIpc) is 2.90. The lowest BCUT2D eigenvalue weighted by Crippen LogP contribution is -2.31. The molecule has 1 aliphatic rings. The first-order chi connectivity index (χ1) is 6.56. The van der Waals surface area contributed by atoms with Gasteiger partial charge in [-0.3, -0.25) is 0 Å². The molecule has 0 bridgehead atoms. The Kier molecular flexibility index (Phi) is 2.50. The molecule has 1 atom stereocenters. The van der Waals surface area contributed by atoms with Crippen LogP contribution in [-0.2, 0) is 5.41 Å². The summed E-state index contributed by atoms with van der Waals surface area (Å²) in [7, 11) is 0. The van der Waals surface area contributed by atoms with Gasteiger partial charge in [-0.1, -0.05) is 29.3 Å². The summed E-state index contributed by atoms with van der Waals surface area (Å²) >= 11 is 11.8. The largest absolute Gasteiger partial charge is 0.327 e. The van der Waals surface area contributed by atoms with Crippen molar-refractivity contribution in [2.45, 2.75) is 31.2 Å². The summed E-state index contributed by atoms with van der Waals surface area (Å²) in [4.78, 5) is 0. The Morgan fingerprint density at radius 1 is 1.29 bits per heavy atom. The standard InChI is InChI=1S/C11H13Cl2N/c1-7(14)11(4-5-11)8-2-3-9(12)10(13)6-8/h2-3,6-7H,4-5,14H2,1H3. The van der Waals surface area contributed by atoms with E-state index in [0.717, 1.165) is 12.8 Å². The number of benzene rings is 1. The zero-order valence-electron chi connectivity index (χ0n) is 8.06. The molecule has 1 aliphatic carbocycles. The van der Waals surface area contributed by atoms with E-state index >= 15 is 0 Å². The second kappa shape index (κ2) is 3.41. The van der Waals surface area contributed by atoms with Crippen molar-refractivity contribution in [3.8, 4) is 0 Å². The highest BCUT2D eigenvalue weighted by molar-refractivity contribution is 6.42. The highest BCUT2D eigenvalue weighted by atomic mass is 35.5. The molecule has 1 aromatic rings. The molecule has 0 heterocycles. The van der Waals surface area contributed by atoms with Crippen molar-refractivity contribution in [1.29, 1.82) is 0 Å². The van der Waals surface area contributed by atoms with Crippen LogP contribution in [0.5, 0.6) is 0 Å². The zero-order valence-corrected chi connectivity index (χ0v) is 9.57.